The predicted molar refractivity (Wildman–Crippen MR) is 99.7 cm³/mol. The van der Waals surface area contributed by atoms with Crippen LogP contribution in [0.15, 0.2) is 47.4 Å². The average Bonchev–Trinajstić information content (AvgIpc) is 2.66. The zero-order chi connectivity index (χ0) is 19.4. The number of hydrogen-bond acceptors (Lipinski definition) is 5. The number of nitrogens with one attached hydrogen (secondary N) is 1. The zero-order valence-corrected chi connectivity index (χ0v) is 14.7. The summed E-state index contributed by atoms with van der Waals surface area (Å²) in [7, 11) is 0. The maximum Gasteiger partial charge on any atom is 0.290 e. The van der Waals surface area contributed by atoms with E-state index in [1.54, 1.807) is 30.3 Å². The molecule has 0 saturated carbocycles. The largest absolute Gasteiger partial charge is 0.493 e. The normalized spacial score (nSPS) is 10.3. The van der Waals surface area contributed by atoms with E-state index in [9.17, 15) is 14.7 Å². The first-order valence-electron chi connectivity index (χ1n) is 7.87. The van der Waals surface area contributed by atoms with Crippen molar-refractivity contribution in [2.24, 2.45) is 0 Å². The quantitative estimate of drug-likeness (QED) is 0.592. The van der Waals surface area contributed by atoms with Crippen LogP contribution < -0.4 is 10.9 Å². The van der Waals surface area contributed by atoms with Crippen LogP contribution in [0.2, 0.25) is 5.02 Å². The highest BCUT2D eigenvalue weighted by atomic mass is 35.5. The Hall–Kier alpha value is -3.34. The molecular formula is C19H14ClN3O4. The molecule has 8 heteroatoms. The lowest BCUT2D eigenvalue weighted by Crippen LogP contribution is -2.30. The Morgan fingerprint density at radius 2 is 1.96 bits per heavy atom. The van der Waals surface area contributed by atoms with Crippen LogP contribution in [0.4, 0.5) is 0 Å². The first kappa shape index (κ1) is 18.5. The third kappa shape index (κ3) is 4.08. The van der Waals surface area contributed by atoms with Crippen molar-refractivity contribution < 1.29 is 15.0 Å². The van der Waals surface area contributed by atoms with E-state index in [2.05, 4.69) is 22.1 Å². The Morgan fingerprint density at radius 1 is 1.22 bits per heavy atom. The van der Waals surface area contributed by atoms with Crippen LogP contribution >= 0.6 is 11.6 Å². The lowest BCUT2D eigenvalue weighted by molar-refractivity contribution is 0.0945. The molecule has 2 heterocycles. The lowest BCUT2D eigenvalue weighted by atomic mass is 10.2. The summed E-state index contributed by atoms with van der Waals surface area (Å²) in [6, 6.07) is 9.91. The highest BCUT2D eigenvalue weighted by Gasteiger charge is 2.19. The van der Waals surface area contributed by atoms with Crippen molar-refractivity contribution in [2.75, 3.05) is 6.61 Å². The molecule has 0 aliphatic heterocycles. The number of pyridine rings is 1. The second-order valence-electron chi connectivity index (χ2n) is 5.53. The van der Waals surface area contributed by atoms with Crippen LogP contribution in [0.25, 0.3) is 5.65 Å². The Kier molecular flexibility index (Phi) is 5.41. The molecule has 0 fully saturated rings. The number of aliphatic hydroxyl groups is 1. The van der Waals surface area contributed by atoms with Crippen LogP contribution in [0.3, 0.4) is 0 Å². The first-order valence-corrected chi connectivity index (χ1v) is 8.25. The minimum Gasteiger partial charge on any atom is -0.493 e. The molecule has 0 atom stereocenters. The van der Waals surface area contributed by atoms with Gasteiger partial charge in [-0.1, -0.05) is 35.6 Å². The van der Waals surface area contributed by atoms with Gasteiger partial charge < -0.3 is 15.5 Å². The Bertz CT molecular complexity index is 1130. The molecule has 3 N–H and O–H groups in total. The van der Waals surface area contributed by atoms with Gasteiger partial charge >= 0.3 is 0 Å². The number of amides is 1. The summed E-state index contributed by atoms with van der Waals surface area (Å²) in [6.45, 7) is -0.162. The molecule has 3 aromatic rings. The predicted octanol–water partition coefficient (Wildman–Crippen LogP) is 1.33. The van der Waals surface area contributed by atoms with E-state index in [0.717, 1.165) is 5.56 Å². The van der Waals surface area contributed by atoms with E-state index in [1.165, 1.54) is 16.7 Å². The van der Waals surface area contributed by atoms with Gasteiger partial charge in [-0.05, 0) is 29.8 Å². The Labute approximate surface area is 158 Å². The van der Waals surface area contributed by atoms with E-state index < -0.39 is 22.9 Å². The van der Waals surface area contributed by atoms with E-state index in [0.29, 0.717) is 10.6 Å². The van der Waals surface area contributed by atoms with Gasteiger partial charge in [-0.15, -0.1) is 0 Å². The number of fused-ring (bicyclic) bond motifs is 1. The topological polar surface area (TPSA) is 104 Å². The van der Waals surface area contributed by atoms with Crippen LogP contribution in [-0.4, -0.2) is 32.1 Å². The number of aromatic hydroxyl groups is 1. The van der Waals surface area contributed by atoms with Gasteiger partial charge in [0.15, 0.2) is 5.56 Å². The smallest absolute Gasteiger partial charge is 0.290 e. The summed E-state index contributed by atoms with van der Waals surface area (Å²) in [5, 5.41) is 22.3. The molecule has 0 bridgehead atoms. The van der Waals surface area contributed by atoms with Gasteiger partial charge in [-0.25, -0.2) is 0 Å². The maximum atomic E-state index is 12.4. The van der Waals surface area contributed by atoms with Crippen LogP contribution in [0, 0.1) is 11.8 Å². The fourth-order valence-electron chi connectivity index (χ4n) is 2.42. The molecule has 0 unspecified atom stereocenters. The molecule has 0 aliphatic rings. The summed E-state index contributed by atoms with van der Waals surface area (Å²) in [5.74, 6) is 3.87. The summed E-state index contributed by atoms with van der Waals surface area (Å²) in [4.78, 5) is 28.4. The SMILES string of the molecule is O=C(NCc1ccc(Cl)cc1)c1c(O)n2cc(C#CCO)ccc2nc1=O. The molecule has 7 nitrogen and oxygen atoms in total. The van der Waals surface area contributed by atoms with Crippen molar-refractivity contribution >= 4 is 23.2 Å². The van der Waals surface area contributed by atoms with E-state index in [1.807, 2.05) is 0 Å². The van der Waals surface area contributed by atoms with Crippen molar-refractivity contribution in [3.63, 3.8) is 0 Å². The molecule has 1 amide bonds. The van der Waals surface area contributed by atoms with Gasteiger partial charge in [0.1, 0.15) is 12.3 Å². The third-order valence-electron chi connectivity index (χ3n) is 3.71. The second kappa shape index (κ2) is 7.91. The second-order valence-corrected chi connectivity index (χ2v) is 5.97. The average molecular weight is 384 g/mol. The zero-order valence-electron chi connectivity index (χ0n) is 13.9. The maximum absolute atomic E-state index is 12.4. The van der Waals surface area contributed by atoms with Crippen molar-refractivity contribution in [1.29, 1.82) is 0 Å². The molecule has 136 valence electrons. The molecule has 3 rings (SSSR count). The number of carbonyl (C=O) groups is 1. The molecule has 0 spiro atoms. The number of halogens is 1. The highest BCUT2D eigenvalue weighted by Crippen LogP contribution is 2.16. The number of aromatic nitrogens is 2. The van der Waals surface area contributed by atoms with Crippen molar-refractivity contribution in [3.8, 4) is 17.7 Å². The van der Waals surface area contributed by atoms with Crippen LogP contribution in [0.5, 0.6) is 5.88 Å². The molecule has 0 aliphatic carbocycles. The number of benzene rings is 1. The monoisotopic (exact) mass is 383 g/mol. The fraction of sp³-hybridized carbons (Fsp3) is 0.105. The van der Waals surface area contributed by atoms with Gasteiger partial charge in [0.25, 0.3) is 11.5 Å². The van der Waals surface area contributed by atoms with Gasteiger partial charge in [0.05, 0.1) is 0 Å². The summed E-state index contributed by atoms with van der Waals surface area (Å²) < 4.78 is 1.19. The number of rotatable bonds is 3. The summed E-state index contributed by atoms with van der Waals surface area (Å²) in [6.07, 6.45) is 1.43. The van der Waals surface area contributed by atoms with E-state index in [-0.39, 0.29) is 18.8 Å². The van der Waals surface area contributed by atoms with Gasteiger partial charge in [0, 0.05) is 23.3 Å². The van der Waals surface area contributed by atoms with Gasteiger partial charge in [-0.2, -0.15) is 4.98 Å². The standard InChI is InChI=1S/C19H14ClN3O4/c20-14-6-3-12(4-7-14)10-21-17(25)16-18(26)22-15-8-5-13(2-1-9-24)11-23(15)19(16)27/h3-8,11,24,27H,9-10H2,(H,21,25). The van der Waals surface area contributed by atoms with Crippen molar-refractivity contribution in [3.05, 3.63) is 74.7 Å². The van der Waals surface area contributed by atoms with Crippen LogP contribution in [-0.2, 0) is 6.54 Å². The number of carbonyl (C=O) groups excluding carboxylic acids is 1. The molecule has 1 aromatic carbocycles. The minimum absolute atomic E-state index is 0.152. The minimum atomic E-state index is -0.838. The van der Waals surface area contributed by atoms with E-state index >= 15 is 0 Å². The molecule has 2 aromatic heterocycles. The highest BCUT2D eigenvalue weighted by molar-refractivity contribution is 6.30. The summed E-state index contributed by atoms with van der Waals surface area (Å²) in [5.41, 5.74) is 0.123. The Morgan fingerprint density at radius 3 is 2.67 bits per heavy atom. The summed E-state index contributed by atoms with van der Waals surface area (Å²) >= 11 is 5.82. The van der Waals surface area contributed by atoms with Crippen molar-refractivity contribution in [2.45, 2.75) is 6.54 Å². The molecule has 0 radical (unpaired) electrons. The van der Waals surface area contributed by atoms with Gasteiger partial charge in [-0.3, -0.25) is 14.0 Å². The van der Waals surface area contributed by atoms with Gasteiger partial charge in [0.2, 0.25) is 5.88 Å². The lowest BCUT2D eigenvalue weighted by Gasteiger charge is -2.09. The number of nitrogens with zero attached hydrogens (tertiary/aromatic N) is 2. The molecule has 27 heavy (non-hydrogen) atoms. The first-order chi connectivity index (χ1) is 13.0. The number of hydrogen-bond donors (Lipinski definition) is 3. The Balaban J connectivity index is 1.93. The third-order valence-corrected chi connectivity index (χ3v) is 3.97. The number of aliphatic hydroxyl groups excluding tert-OH is 1. The molecule has 0 saturated heterocycles. The molecular weight excluding hydrogens is 370 g/mol. The van der Waals surface area contributed by atoms with Crippen LogP contribution in [0.1, 0.15) is 21.5 Å². The fourth-order valence-corrected chi connectivity index (χ4v) is 2.54. The van der Waals surface area contributed by atoms with E-state index in [4.69, 9.17) is 16.7 Å². The van der Waals surface area contributed by atoms with Crippen molar-refractivity contribution in [1.82, 2.24) is 14.7 Å².